The summed E-state index contributed by atoms with van der Waals surface area (Å²) >= 11 is 0. The molecule has 1 amide bonds. The lowest BCUT2D eigenvalue weighted by molar-refractivity contribution is 0.0942. The minimum Gasteiger partial charge on any atom is -0.457 e. The van der Waals surface area contributed by atoms with Crippen LogP contribution >= 0.6 is 0 Å². The van der Waals surface area contributed by atoms with Crippen molar-refractivity contribution >= 4 is 5.91 Å². The van der Waals surface area contributed by atoms with E-state index in [1.807, 2.05) is 60.7 Å². The number of carbonyl (C=O) groups excluding carboxylic acids is 1. The number of hydrogen-bond donors (Lipinski definition) is 2. The van der Waals surface area contributed by atoms with Crippen LogP contribution in [0.15, 0.2) is 84.9 Å². The predicted molar refractivity (Wildman–Crippen MR) is 101 cm³/mol. The largest absolute Gasteiger partial charge is 0.457 e. The maximum atomic E-state index is 12.2. The fourth-order valence-corrected chi connectivity index (χ4v) is 2.57. The smallest absolute Gasteiger partial charge is 0.251 e. The van der Waals surface area contributed by atoms with Gasteiger partial charge in [0.2, 0.25) is 0 Å². The van der Waals surface area contributed by atoms with Crippen LogP contribution in [0.5, 0.6) is 11.5 Å². The molecule has 132 valence electrons. The van der Waals surface area contributed by atoms with Crippen LogP contribution in [-0.4, -0.2) is 17.6 Å². The van der Waals surface area contributed by atoms with E-state index in [1.165, 1.54) is 0 Å². The van der Waals surface area contributed by atoms with Crippen LogP contribution in [-0.2, 0) is 0 Å². The highest BCUT2D eigenvalue weighted by atomic mass is 16.5. The highest BCUT2D eigenvalue weighted by molar-refractivity contribution is 5.94. The zero-order chi connectivity index (χ0) is 18.2. The van der Waals surface area contributed by atoms with Gasteiger partial charge >= 0.3 is 0 Å². The van der Waals surface area contributed by atoms with Crippen LogP contribution in [0.2, 0.25) is 0 Å². The van der Waals surface area contributed by atoms with E-state index >= 15 is 0 Å². The summed E-state index contributed by atoms with van der Waals surface area (Å²) in [5.74, 6) is 1.25. The first-order chi connectivity index (χ1) is 12.7. The summed E-state index contributed by atoms with van der Waals surface area (Å²) in [6.07, 6.45) is -0.122. The summed E-state index contributed by atoms with van der Waals surface area (Å²) in [6.45, 7) is 0.400. The number of rotatable bonds is 7. The van der Waals surface area contributed by atoms with Gasteiger partial charge in [0, 0.05) is 12.1 Å². The minimum atomic E-state index is -0.585. The molecule has 2 N–H and O–H groups in total. The highest BCUT2D eigenvalue weighted by Gasteiger charge is 2.09. The summed E-state index contributed by atoms with van der Waals surface area (Å²) < 4.78 is 5.71. The van der Waals surface area contributed by atoms with E-state index in [2.05, 4.69) is 5.32 Å². The number of aliphatic hydroxyl groups is 1. The number of carbonyl (C=O) groups is 1. The summed E-state index contributed by atoms with van der Waals surface area (Å²) in [4.78, 5) is 12.2. The zero-order valence-electron chi connectivity index (χ0n) is 14.3. The van der Waals surface area contributed by atoms with Crippen LogP contribution in [0.3, 0.4) is 0 Å². The minimum absolute atomic E-state index is 0.170. The van der Waals surface area contributed by atoms with Crippen LogP contribution in [0, 0.1) is 0 Å². The van der Waals surface area contributed by atoms with Crippen molar-refractivity contribution in [2.45, 2.75) is 12.5 Å². The van der Waals surface area contributed by atoms with Crippen LogP contribution in [0.1, 0.15) is 28.4 Å². The van der Waals surface area contributed by atoms with Gasteiger partial charge in [-0.25, -0.2) is 0 Å². The van der Waals surface area contributed by atoms with Gasteiger partial charge in [-0.2, -0.15) is 0 Å². The molecule has 1 atom stereocenters. The van der Waals surface area contributed by atoms with E-state index in [1.54, 1.807) is 24.3 Å². The summed E-state index contributed by atoms with van der Waals surface area (Å²) in [5, 5.41) is 12.9. The molecule has 0 fully saturated rings. The van der Waals surface area contributed by atoms with Gasteiger partial charge in [0.1, 0.15) is 11.5 Å². The lowest BCUT2D eigenvalue weighted by Crippen LogP contribution is -2.25. The summed E-state index contributed by atoms with van der Waals surface area (Å²) in [5.41, 5.74) is 1.41. The van der Waals surface area contributed by atoms with E-state index in [9.17, 15) is 9.90 Å². The van der Waals surface area contributed by atoms with Gasteiger partial charge < -0.3 is 15.2 Å². The lowest BCUT2D eigenvalue weighted by Gasteiger charge is -2.12. The number of benzene rings is 3. The number of para-hydroxylation sites is 1. The SMILES string of the molecule is O=C(NCCC(O)c1ccccc1)c1ccc(Oc2ccccc2)cc1. The van der Waals surface area contributed by atoms with E-state index in [0.717, 1.165) is 11.3 Å². The van der Waals surface area contributed by atoms with Gasteiger partial charge in [0.05, 0.1) is 6.10 Å². The van der Waals surface area contributed by atoms with Gasteiger partial charge in [-0.15, -0.1) is 0 Å². The van der Waals surface area contributed by atoms with Crippen LogP contribution < -0.4 is 10.1 Å². The second kappa shape index (κ2) is 8.83. The van der Waals surface area contributed by atoms with E-state index in [-0.39, 0.29) is 5.91 Å². The molecule has 1 unspecified atom stereocenters. The second-order valence-corrected chi connectivity index (χ2v) is 5.91. The molecule has 0 radical (unpaired) electrons. The molecule has 0 bridgehead atoms. The average molecular weight is 347 g/mol. The van der Waals surface area contributed by atoms with Crippen molar-refractivity contribution < 1.29 is 14.6 Å². The Morgan fingerprint density at radius 2 is 1.42 bits per heavy atom. The quantitative estimate of drug-likeness (QED) is 0.669. The highest BCUT2D eigenvalue weighted by Crippen LogP contribution is 2.21. The molecule has 3 aromatic rings. The Balaban J connectivity index is 1.49. The Labute approximate surface area is 153 Å². The summed E-state index contributed by atoms with van der Waals surface area (Å²) in [6, 6.07) is 25.9. The third kappa shape index (κ3) is 4.94. The molecule has 3 aromatic carbocycles. The number of aliphatic hydroxyl groups excluding tert-OH is 1. The molecular weight excluding hydrogens is 326 g/mol. The average Bonchev–Trinajstić information content (AvgIpc) is 2.70. The van der Waals surface area contributed by atoms with Crippen molar-refractivity contribution in [1.29, 1.82) is 0 Å². The first kappa shape index (κ1) is 17.7. The van der Waals surface area contributed by atoms with Gasteiger partial charge in [0.15, 0.2) is 0 Å². The van der Waals surface area contributed by atoms with Crippen LogP contribution in [0.25, 0.3) is 0 Å². The molecule has 0 aliphatic heterocycles. The normalized spacial score (nSPS) is 11.6. The molecule has 0 heterocycles. The van der Waals surface area contributed by atoms with E-state index < -0.39 is 6.10 Å². The molecule has 0 spiro atoms. The Morgan fingerprint density at radius 3 is 2.08 bits per heavy atom. The monoisotopic (exact) mass is 347 g/mol. The van der Waals surface area contributed by atoms with Crippen molar-refractivity contribution in [2.75, 3.05) is 6.54 Å². The fourth-order valence-electron chi connectivity index (χ4n) is 2.57. The predicted octanol–water partition coefficient (Wildman–Crippen LogP) is 4.33. The van der Waals surface area contributed by atoms with Crippen molar-refractivity contribution in [3.63, 3.8) is 0 Å². The second-order valence-electron chi connectivity index (χ2n) is 5.91. The summed E-state index contributed by atoms with van der Waals surface area (Å²) in [7, 11) is 0. The maximum Gasteiger partial charge on any atom is 0.251 e. The topological polar surface area (TPSA) is 58.6 Å². The Bertz CT molecular complexity index is 817. The first-order valence-electron chi connectivity index (χ1n) is 8.56. The van der Waals surface area contributed by atoms with Crippen molar-refractivity contribution in [1.82, 2.24) is 5.32 Å². The molecule has 3 rings (SSSR count). The van der Waals surface area contributed by atoms with Crippen molar-refractivity contribution in [3.05, 3.63) is 96.1 Å². The van der Waals surface area contributed by atoms with Crippen LogP contribution in [0.4, 0.5) is 0 Å². The van der Waals surface area contributed by atoms with Gasteiger partial charge in [-0.05, 0) is 48.4 Å². The van der Waals surface area contributed by atoms with E-state index in [0.29, 0.717) is 24.3 Å². The lowest BCUT2D eigenvalue weighted by atomic mass is 10.1. The molecule has 0 saturated heterocycles. The Morgan fingerprint density at radius 1 is 0.846 bits per heavy atom. The fraction of sp³-hybridized carbons (Fsp3) is 0.136. The number of ether oxygens (including phenoxy) is 1. The number of amides is 1. The standard InChI is InChI=1S/C22H21NO3/c24-21(17-7-3-1-4-8-17)15-16-23-22(25)18-11-13-20(14-12-18)26-19-9-5-2-6-10-19/h1-14,21,24H,15-16H2,(H,23,25). The van der Waals surface area contributed by atoms with Gasteiger partial charge in [-0.1, -0.05) is 48.5 Å². The molecular formula is C22H21NO3. The Kier molecular flexibility index (Phi) is 6.01. The number of nitrogens with one attached hydrogen (secondary N) is 1. The number of hydrogen-bond acceptors (Lipinski definition) is 3. The van der Waals surface area contributed by atoms with Gasteiger partial charge in [-0.3, -0.25) is 4.79 Å². The molecule has 0 aromatic heterocycles. The third-order valence-corrected chi connectivity index (χ3v) is 3.98. The van der Waals surface area contributed by atoms with E-state index in [4.69, 9.17) is 4.74 Å². The van der Waals surface area contributed by atoms with Gasteiger partial charge in [0.25, 0.3) is 5.91 Å². The molecule has 0 saturated carbocycles. The molecule has 26 heavy (non-hydrogen) atoms. The molecule has 4 heteroatoms. The van der Waals surface area contributed by atoms with Crippen molar-refractivity contribution in [3.8, 4) is 11.5 Å². The molecule has 0 aliphatic carbocycles. The molecule has 4 nitrogen and oxygen atoms in total. The molecule has 0 aliphatic rings. The third-order valence-electron chi connectivity index (χ3n) is 3.98. The first-order valence-corrected chi connectivity index (χ1v) is 8.56. The Hall–Kier alpha value is -3.11. The van der Waals surface area contributed by atoms with Crippen molar-refractivity contribution in [2.24, 2.45) is 0 Å². The zero-order valence-corrected chi connectivity index (χ0v) is 14.3. The maximum absolute atomic E-state index is 12.2.